The summed E-state index contributed by atoms with van der Waals surface area (Å²) >= 11 is 1.08. The van der Waals surface area contributed by atoms with E-state index in [1.807, 2.05) is 31.2 Å². The van der Waals surface area contributed by atoms with Gasteiger partial charge in [0.25, 0.3) is 11.8 Å². The summed E-state index contributed by atoms with van der Waals surface area (Å²) in [6, 6.07) is 12.8. The molecule has 1 aromatic carbocycles. The minimum atomic E-state index is -0.606. The summed E-state index contributed by atoms with van der Waals surface area (Å²) in [5.41, 5.74) is 2.98. The van der Waals surface area contributed by atoms with E-state index in [4.69, 9.17) is 9.15 Å². The van der Waals surface area contributed by atoms with Crippen LogP contribution in [0.3, 0.4) is 0 Å². The van der Waals surface area contributed by atoms with E-state index < -0.39 is 11.9 Å². The van der Waals surface area contributed by atoms with E-state index in [2.05, 4.69) is 10.6 Å². The van der Waals surface area contributed by atoms with Gasteiger partial charge in [0.2, 0.25) is 0 Å². The van der Waals surface area contributed by atoms with Crippen molar-refractivity contribution in [3.63, 3.8) is 0 Å². The Balaban J connectivity index is 1.46. The van der Waals surface area contributed by atoms with Crippen molar-refractivity contribution < 1.29 is 23.5 Å². The number of hydrogen-bond acceptors (Lipinski definition) is 6. The van der Waals surface area contributed by atoms with Crippen LogP contribution in [0.5, 0.6) is 0 Å². The third-order valence-electron chi connectivity index (χ3n) is 4.40. The molecule has 0 saturated carbocycles. The van der Waals surface area contributed by atoms with Crippen molar-refractivity contribution in [3.05, 3.63) is 76.1 Å². The van der Waals surface area contributed by atoms with Gasteiger partial charge < -0.3 is 19.8 Å². The van der Waals surface area contributed by atoms with Gasteiger partial charge >= 0.3 is 5.97 Å². The standard InChI is InChI=1S/C22H22N2O5S/c1-14-6-3-4-7-16(14)9-10-23-18(25)13-29-22(27)20-15(2)12-19(30-20)24-21(26)17-8-5-11-28-17/h3-8,11-12H,9-10,13H2,1-2H3,(H,23,25)(H,24,26). The monoisotopic (exact) mass is 426 g/mol. The van der Waals surface area contributed by atoms with E-state index in [0.29, 0.717) is 28.4 Å². The van der Waals surface area contributed by atoms with Crippen LogP contribution < -0.4 is 10.6 Å². The summed E-state index contributed by atoms with van der Waals surface area (Å²) in [4.78, 5) is 36.7. The van der Waals surface area contributed by atoms with Crippen molar-refractivity contribution in [3.8, 4) is 0 Å². The lowest BCUT2D eigenvalue weighted by molar-refractivity contribution is -0.124. The average molecular weight is 426 g/mol. The molecule has 0 spiro atoms. The fourth-order valence-electron chi connectivity index (χ4n) is 2.80. The van der Waals surface area contributed by atoms with Gasteiger partial charge in [0.1, 0.15) is 4.88 Å². The predicted molar refractivity (Wildman–Crippen MR) is 114 cm³/mol. The molecule has 8 heteroatoms. The van der Waals surface area contributed by atoms with Gasteiger partial charge in [-0.05, 0) is 55.2 Å². The first kappa shape index (κ1) is 21.3. The van der Waals surface area contributed by atoms with E-state index in [1.54, 1.807) is 25.1 Å². The quantitative estimate of drug-likeness (QED) is 0.535. The number of thiophene rings is 1. The number of amides is 2. The molecule has 2 heterocycles. The normalized spacial score (nSPS) is 10.5. The molecule has 0 atom stereocenters. The van der Waals surface area contributed by atoms with Gasteiger partial charge in [0.15, 0.2) is 12.4 Å². The maximum Gasteiger partial charge on any atom is 0.349 e. The van der Waals surface area contributed by atoms with Gasteiger partial charge in [0, 0.05) is 6.54 Å². The number of esters is 1. The second-order valence-corrected chi connectivity index (χ2v) is 7.71. The number of aryl methyl sites for hydroxylation is 2. The first-order valence-corrected chi connectivity index (χ1v) is 10.2. The van der Waals surface area contributed by atoms with Crippen LogP contribution in [0.4, 0.5) is 5.00 Å². The number of benzene rings is 1. The van der Waals surface area contributed by atoms with Crippen LogP contribution in [-0.2, 0) is 16.0 Å². The average Bonchev–Trinajstić information content (AvgIpc) is 3.37. The van der Waals surface area contributed by atoms with Crippen LogP contribution in [0.15, 0.2) is 53.1 Å². The molecule has 2 N–H and O–H groups in total. The molecule has 3 aromatic rings. The first-order chi connectivity index (χ1) is 14.4. The first-order valence-electron chi connectivity index (χ1n) is 9.37. The molecule has 0 aliphatic carbocycles. The molecule has 0 aliphatic rings. The lowest BCUT2D eigenvalue weighted by Crippen LogP contribution is -2.30. The van der Waals surface area contributed by atoms with Gasteiger partial charge in [-0.2, -0.15) is 0 Å². The third kappa shape index (κ3) is 5.57. The molecule has 0 radical (unpaired) electrons. The highest BCUT2D eigenvalue weighted by Crippen LogP contribution is 2.27. The summed E-state index contributed by atoms with van der Waals surface area (Å²) in [6.45, 7) is 3.85. The Labute approximate surface area is 178 Å². The van der Waals surface area contributed by atoms with E-state index >= 15 is 0 Å². The second-order valence-electron chi connectivity index (χ2n) is 6.66. The molecular weight excluding hydrogens is 404 g/mol. The highest BCUT2D eigenvalue weighted by Gasteiger charge is 2.18. The Morgan fingerprint density at radius 2 is 1.87 bits per heavy atom. The Morgan fingerprint density at radius 1 is 1.07 bits per heavy atom. The summed E-state index contributed by atoms with van der Waals surface area (Å²) < 4.78 is 10.2. The minimum absolute atomic E-state index is 0.174. The van der Waals surface area contributed by atoms with Crippen LogP contribution in [0.2, 0.25) is 0 Å². The number of anilines is 1. The number of carbonyl (C=O) groups is 3. The number of ether oxygens (including phenoxy) is 1. The predicted octanol–water partition coefficient (Wildman–Crippen LogP) is 3.73. The van der Waals surface area contributed by atoms with E-state index in [0.717, 1.165) is 16.9 Å². The van der Waals surface area contributed by atoms with Crippen LogP contribution in [0.25, 0.3) is 0 Å². The number of nitrogens with one attached hydrogen (secondary N) is 2. The van der Waals surface area contributed by atoms with E-state index in [9.17, 15) is 14.4 Å². The molecule has 0 saturated heterocycles. The van der Waals surface area contributed by atoms with Gasteiger partial charge in [-0.15, -0.1) is 11.3 Å². The van der Waals surface area contributed by atoms with Crippen molar-refractivity contribution >= 4 is 34.1 Å². The maximum absolute atomic E-state index is 12.3. The zero-order chi connectivity index (χ0) is 21.5. The van der Waals surface area contributed by atoms with E-state index in [-0.39, 0.29) is 18.3 Å². The molecule has 30 heavy (non-hydrogen) atoms. The van der Waals surface area contributed by atoms with Gasteiger partial charge in [0.05, 0.1) is 11.3 Å². The lowest BCUT2D eigenvalue weighted by atomic mass is 10.1. The van der Waals surface area contributed by atoms with Gasteiger partial charge in [-0.25, -0.2) is 4.79 Å². The summed E-state index contributed by atoms with van der Waals surface area (Å²) in [5, 5.41) is 5.91. The number of carbonyl (C=O) groups excluding carboxylic acids is 3. The zero-order valence-corrected chi connectivity index (χ0v) is 17.5. The number of rotatable bonds is 8. The molecular formula is C22H22N2O5S. The maximum atomic E-state index is 12.3. The largest absolute Gasteiger partial charge is 0.459 e. The van der Waals surface area contributed by atoms with Gasteiger partial charge in [-0.1, -0.05) is 24.3 Å². The summed E-state index contributed by atoms with van der Waals surface area (Å²) in [5.74, 6) is -1.20. The third-order valence-corrected chi connectivity index (χ3v) is 5.53. The molecule has 7 nitrogen and oxygen atoms in total. The van der Waals surface area contributed by atoms with Crippen molar-refractivity contribution in [2.75, 3.05) is 18.5 Å². The molecule has 0 bridgehead atoms. The number of furan rings is 1. The topological polar surface area (TPSA) is 97.6 Å². The highest BCUT2D eigenvalue weighted by atomic mass is 32.1. The highest BCUT2D eigenvalue weighted by molar-refractivity contribution is 7.18. The molecule has 0 aliphatic heterocycles. The van der Waals surface area contributed by atoms with E-state index in [1.165, 1.54) is 11.8 Å². The Bertz CT molecular complexity index is 1040. The Kier molecular flexibility index (Phi) is 7.03. The fraction of sp³-hybridized carbons (Fsp3) is 0.227. The van der Waals surface area contributed by atoms with Crippen LogP contribution in [0, 0.1) is 13.8 Å². The van der Waals surface area contributed by atoms with Crippen LogP contribution >= 0.6 is 11.3 Å². The summed E-state index contributed by atoms with van der Waals surface area (Å²) in [7, 11) is 0. The van der Waals surface area contributed by atoms with Crippen molar-refractivity contribution in [2.24, 2.45) is 0 Å². The second kappa shape index (κ2) is 9.89. The minimum Gasteiger partial charge on any atom is -0.459 e. The van der Waals surface area contributed by atoms with Crippen molar-refractivity contribution in [2.45, 2.75) is 20.3 Å². The molecule has 0 unspecified atom stereocenters. The molecule has 156 valence electrons. The van der Waals surface area contributed by atoms with Gasteiger partial charge in [-0.3, -0.25) is 9.59 Å². The zero-order valence-electron chi connectivity index (χ0n) is 16.7. The van der Waals surface area contributed by atoms with Crippen molar-refractivity contribution in [1.29, 1.82) is 0 Å². The Hall–Kier alpha value is -3.39. The Morgan fingerprint density at radius 3 is 2.60 bits per heavy atom. The lowest BCUT2D eigenvalue weighted by Gasteiger charge is -2.08. The number of hydrogen-bond donors (Lipinski definition) is 2. The van der Waals surface area contributed by atoms with Crippen molar-refractivity contribution in [1.82, 2.24) is 5.32 Å². The summed E-state index contributed by atoms with van der Waals surface area (Å²) in [6.07, 6.45) is 2.11. The molecule has 0 fully saturated rings. The SMILES string of the molecule is Cc1ccccc1CCNC(=O)COC(=O)c1sc(NC(=O)c2ccco2)cc1C. The smallest absolute Gasteiger partial charge is 0.349 e. The molecule has 3 rings (SSSR count). The van der Waals surface area contributed by atoms with Crippen LogP contribution in [0.1, 0.15) is 36.9 Å². The molecule has 2 aromatic heterocycles. The van der Waals surface area contributed by atoms with Crippen LogP contribution in [-0.4, -0.2) is 30.9 Å². The molecule has 2 amide bonds. The fourth-order valence-corrected chi connectivity index (χ4v) is 3.76.